The average Bonchev–Trinajstić information content (AvgIpc) is 1.68. The van der Waals surface area contributed by atoms with Crippen LogP contribution in [0.2, 0.25) is 0 Å². The van der Waals surface area contributed by atoms with Gasteiger partial charge in [-0.3, -0.25) is 0 Å². The summed E-state index contributed by atoms with van der Waals surface area (Å²) >= 11 is 0. The summed E-state index contributed by atoms with van der Waals surface area (Å²) in [7, 11) is 0. The molecule has 0 aromatic heterocycles. The zero-order valence-electron chi connectivity index (χ0n) is 4.31. The summed E-state index contributed by atoms with van der Waals surface area (Å²) in [4.78, 5) is 0. The van der Waals surface area contributed by atoms with Crippen molar-refractivity contribution >= 4 is 0 Å². The Morgan fingerprint density at radius 3 is 2.57 bits per heavy atom. The van der Waals surface area contributed by atoms with Gasteiger partial charge in [-0.25, -0.2) is 0 Å². The zero-order chi connectivity index (χ0) is 5.70. The Labute approximate surface area is 43.6 Å². The standard InChI is InChI=1S/C6H7N/c1-3-4-6(2)5-7/h3-4H,1H2,2H3/b6-4+. The molecule has 0 aliphatic rings. The molecule has 1 nitrogen and oxygen atoms in total. The second kappa shape index (κ2) is 3.17. The molecule has 1 heteroatoms. The molecule has 0 bridgehead atoms. The normalized spacial score (nSPS) is 10.0. The van der Waals surface area contributed by atoms with Gasteiger partial charge in [-0.05, 0) is 13.0 Å². The number of rotatable bonds is 1. The van der Waals surface area contributed by atoms with Crippen molar-refractivity contribution < 1.29 is 0 Å². The molecule has 0 fully saturated rings. The Balaban J connectivity index is 3.80. The predicted octanol–water partition coefficient (Wildman–Crippen LogP) is 1.64. The summed E-state index contributed by atoms with van der Waals surface area (Å²) in [6.07, 6.45) is 3.26. The minimum Gasteiger partial charge on any atom is -0.193 e. The smallest absolute Gasteiger partial charge is 0.0944 e. The molecule has 0 rings (SSSR count). The number of allylic oxidation sites excluding steroid dienone is 3. The summed E-state index contributed by atoms with van der Waals surface area (Å²) in [6.45, 7) is 5.16. The SMILES string of the molecule is C=C/C=C(\C)C#N. The fourth-order valence-corrected chi connectivity index (χ4v) is 0.214. The van der Waals surface area contributed by atoms with Crippen LogP contribution in [0.1, 0.15) is 6.92 Å². The third-order valence-electron chi connectivity index (χ3n) is 0.544. The van der Waals surface area contributed by atoms with Gasteiger partial charge in [0.1, 0.15) is 0 Å². The maximum atomic E-state index is 8.10. The van der Waals surface area contributed by atoms with Crippen molar-refractivity contribution in [3.05, 3.63) is 24.3 Å². The molecule has 0 radical (unpaired) electrons. The summed E-state index contributed by atoms with van der Waals surface area (Å²) in [5.41, 5.74) is 0.690. The highest BCUT2D eigenvalue weighted by Crippen LogP contribution is 1.85. The second-order valence-corrected chi connectivity index (χ2v) is 1.20. The molecule has 0 amide bonds. The van der Waals surface area contributed by atoms with E-state index in [1.54, 1.807) is 19.1 Å². The molecule has 36 valence electrons. The van der Waals surface area contributed by atoms with Crippen molar-refractivity contribution in [2.75, 3.05) is 0 Å². The van der Waals surface area contributed by atoms with Gasteiger partial charge in [-0.1, -0.05) is 12.7 Å². The van der Waals surface area contributed by atoms with Crippen molar-refractivity contribution in [2.45, 2.75) is 6.92 Å². The summed E-state index contributed by atoms with van der Waals surface area (Å²) < 4.78 is 0. The third kappa shape index (κ3) is 2.78. The highest BCUT2D eigenvalue weighted by atomic mass is 14.2. The topological polar surface area (TPSA) is 23.8 Å². The monoisotopic (exact) mass is 93.1 g/mol. The number of nitrogens with zero attached hydrogens (tertiary/aromatic N) is 1. The first-order valence-corrected chi connectivity index (χ1v) is 2.00. The molecule has 0 aliphatic heterocycles. The van der Waals surface area contributed by atoms with E-state index in [1.807, 2.05) is 6.07 Å². The van der Waals surface area contributed by atoms with Crippen LogP contribution in [0.15, 0.2) is 24.3 Å². The Hall–Kier alpha value is -1.03. The fourth-order valence-electron chi connectivity index (χ4n) is 0.214. The van der Waals surface area contributed by atoms with Gasteiger partial charge < -0.3 is 0 Å². The number of hydrogen-bond acceptors (Lipinski definition) is 1. The van der Waals surface area contributed by atoms with Crippen LogP contribution in [0.5, 0.6) is 0 Å². The van der Waals surface area contributed by atoms with Crippen molar-refractivity contribution in [3.63, 3.8) is 0 Å². The van der Waals surface area contributed by atoms with E-state index in [0.717, 1.165) is 0 Å². The third-order valence-corrected chi connectivity index (χ3v) is 0.544. The second-order valence-electron chi connectivity index (χ2n) is 1.20. The fraction of sp³-hybridized carbons (Fsp3) is 0.167. The highest BCUT2D eigenvalue weighted by Gasteiger charge is 1.73. The lowest BCUT2D eigenvalue weighted by atomic mass is 10.3. The Morgan fingerprint density at radius 1 is 1.86 bits per heavy atom. The van der Waals surface area contributed by atoms with E-state index in [-0.39, 0.29) is 0 Å². The van der Waals surface area contributed by atoms with Gasteiger partial charge in [-0.15, -0.1) is 0 Å². The van der Waals surface area contributed by atoms with Gasteiger partial charge >= 0.3 is 0 Å². The van der Waals surface area contributed by atoms with Gasteiger partial charge in [0.05, 0.1) is 6.07 Å². The van der Waals surface area contributed by atoms with E-state index in [0.29, 0.717) is 5.57 Å². The first-order chi connectivity index (χ1) is 3.31. The number of nitriles is 1. The van der Waals surface area contributed by atoms with Crippen LogP contribution < -0.4 is 0 Å². The Morgan fingerprint density at radius 2 is 2.43 bits per heavy atom. The van der Waals surface area contributed by atoms with Crippen LogP contribution in [0.25, 0.3) is 0 Å². The Bertz CT molecular complexity index is 126. The van der Waals surface area contributed by atoms with E-state index in [4.69, 9.17) is 5.26 Å². The van der Waals surface area contributed by atoms with Crippen molar-refractivity contribution in [2.24, 2.45) is 0 Å². The molecule has 0 atom stereocenters. The van der Waals surface area contributed by atoms with Crippen molar-refractivity contribution in [1.82, 2.24) is 0 Å². The van der Waals surface area contributed by atoms with Gasteiger partial charge in [0.15, 0.2) is 0 Å². The lowest BCUT2D eigenvalue weighted by Gasteiger charge is -1.72. The molecule has 0 aromatic carbocycles. The molecule has 0 aliphatic carbocycles. The minimum atomic E-state index is 0.690. The molecule has 0 saturated carbocycles. The molecular weight excluding hydrogens is 86.1 g/mol. The van der Waals surface area contributed by atoms with Crippen LogP contribution in [0, 0.1) is 11.3 Å². The van der Waals surface area contributed by atoms with E-state index < -0.39 is 0 Å². The zero-order valence-corrected chi connectivity index (χ0v) is 4.31. The predicted molar refractivity (Wildman–Crippen MR) is 29.6 cm³/mol. The molecule has 0 heterocycles. The first kappa shape index (κ1) is 5.97. The van der Waals surface area contributed by atoms with Crippen LogP contribution >= 0.6 is 0 Å². The maximum Gasteiger partial charge on any atom is 0.0944 e. The van der Waals surface area contributed by atoms with E-state index in [1.165, 1.54) is 0 Å². The van der Waals surface area contributed by atoms with E-state index in [9.17, 15) is 0 Å². The average molecular weight is 93.1 g/mol. The maximum absolute atomic E-state index is 8.10. The van der Waals surface area contributed by atoms with Gasteiger partial charge in [-0.2, -0.15) is 5.26 Å². The summed E-state index contributed by atoms with van der Waals surface area (Å²) in [6, 6.07) is 1.96. The highest BCUT2D eigenvalue weighted by molar-refractivity contribution is 5.21. The minimum absolute atomic E-state index is 0.690. The first-order valence-electron chi connectivity index (χ1n) is 2.00. The molecule has 0 aromatic rings. The molecular formula is C6H7N. The Kier molecular flexibility index (Phi) is 2.70. The quantitative estimate of drug-likeness (QED) is 0.357. The van der Waals surface area contributed by atoms with Crippen LogP contribution in [-0.2, 0) is 0 Å². The van der Waals surface area contributed by atoms with Crippen molar-refractivity contribution in [3.8, 4) is 6.07 Å². The van der Waals surface area contributed by atoms with Crippen molar-refractivity contribution in [1.29, 1.82) is 5.26 Å². The molecule has 0 spiro atoms. The molecule has 0 saturated heterocycles. The largest absolute Gasteiger partial charge is 0.193 e. The van der Waals surface area contributed by atoms with E-state index >= 15 is 0 Å². The van der Waals surface area contributed by atoms with Crippen LogP contribution in [0.3, 0.4) is 0 Å². The molecule has 0 unspecified atom stereocenters. The lowest BCUT2D eigenvalue weighted by molar-refractivity contribution is 1.44. The van der Waals surface area contributed by atoms with Gasteiger partial charge in [0, 0.05) is 5.57 Å². The lowest BCUT2D eigenvalue weighted by Crippen LogP contribution is -1.60. The van der Waals surface area contributed by atoms with Gasteiger partial charge in [0.25, 0.3) is 0 Å². The van der Waals surface area contributed by atoms with Gasteiger partial charge in [0.2, 0.25) is 0 Å². The van der Waals surface area contributed by atoms with Crippen LogP contribution in [0.4, 0.5) is 0 Å². The van der Waals surface area contributed by atoms with E-state index in [2.05, 4.69) is 6.58 Å². The van der Waals surface area contributed by atoms with Crippen LogP contribution in [-0.4, -0.2) is 0 Å². The summed E-state index contributed by atoms with van der Waals surface area (Å²) in [5, 5.41) is 8.10. The molecule has 7 heavy (non-hydrogen) atoms. The number of hydrogen-bond donors (Lipinski definition) is 0. The summed E-state index contributed by atoms with van der Waals surface area (Å²) in [5.74, 6) is 0. The molecule has 0 N–H and O–H groups in total.